The first kappa shape index (κ1) is 10.8. The largest absolute Gasteiger partial charge is 0.325 e. The van der Waals surface area contributed by atoms with Gasteiger partial charge in [0.1, 0.15) is 5.54 Å². The first-order valence-corrected chi connectivity index (χ1v) is 5.35. The number of imide groups is 1. The van der Waals surface area contributed by atoms with Crippen LogP contribution in [0.25, 0.3) is 10.4 Å². The minimum absolute atomic E-state index is 0.131. The van der Waals surface area contributed by atoms with E-state index in [0.717, 1.165) is 30.6 Å². The topological polar surface area (TPSA) is 98.2 Å². The highest BCUT2D eigenvalue weighted by molar-refractivity contribution is 6.07. The van der Waals surface area contributed by atoms with E-state index < -0.39 is 5.54 Å². The molecule has 1 heterocycles. The van der Waals surface area contributed by atoms with E-state index in [2.05, 4.69) is 15.3 Å². The minimum Gasteiger partial charge on any atom is -0.323 e. The summed E-state index contributed by atoms with van der Waals surface area (Å²) in [6.07, 6.45) is 3.37. The summed E-state index contributed by atoms with van der Waals surface area (Å²) in [5, 5.41) is 6.08. The van der Waals surface area contributed by atoms with Crippen LogP contribution in [0.4, 0.5) is 4.79 Å². The minimum atomic E-state index is -0.659. The number of rotatable bonds is 3. The molecule has 1 spiro atoms. The van der Waals surface area contributed by atoms with Gasteiger partial charge >= 0.3 is 6.03 Å². The van der Waals surface area contributed by atoms with E-state index >= 15 is 0 Å². The van der Waals surface area contributed by atoms with Crippen LogP contribution in [-0.2, 0) is 4.79 Å². The number of carbonyl (C=O) groups is 2. The van der Waals surface area contributed by atoms with Crippen LogP contribution in [0.3, 0.4) is 0 Å². The predicted octanol–water partition coefficient (Wildman–Crippen LogP) is 1.16. The predicted molar refractivity (Wildman–Crippen MR) is 55.5 cm³/mol. The number of urea groups is 1. The van der Waals surface area contributed by atoms with Gasteiger partial charge in [-0.1, -0.05) is 18.0 Å². The number of carbonyl (C=O) groups excluding carboxylic acids is 2. The molecule has 1 aliphatic carbocycles. The van der Waals surface area contributed by atoms with E-state index in [1.54, 1.807) is 0 Å². The molecule has 1 saturated carbocycles. The summed E-state index contributed by atoms with van der Waals surface area (Å²) >= 11 is 0. The highest BCUT2D eigenvalue weighted by Gasteiger charge is 2.51. The Bertz CT molecular complexity index is 368. The Balaban J connectivity index is 2.07. The fraction of sp³-hybridized carbons (Fsp3) is 0.778. The molecule has 0 aromatic carbocycles. The third-order valence-corrected chi connectivity index (χ3v) is 3.19. The van der Waals surface area contributed by atoms with Crippen molar-refractivity contribution >= 4 is 11.9 Å². The molecule has 16 heavy (non-hydrogen) atoms. The van der Waals surface area contributed by atoms with Crippen molar-refractivity contribution in [3.63, 3.8) is 0 Å². The van der Waals surface area contributed by atoms with Gasteiger partial charge in [0.25, 0.3) is 5.91 Å². The zero-order chi connectivity index (χ0) is 11.6. The third kappa shape index (κ3) is 1.59. The van der Waals surface area contributed by atoms with E-state index in [1.807, 2.05) is 0 Å². The van der Waals surface area contributed by atoms with Gasteiger partial charge in [0, 0.05) is 18.0 Å². The molecule has 0 aromatic heterocycles. The normalized spacial score (nSPS) is 22.4. The summed E-state index contributed by atoms with van der Waals surface area (Å²) in [6.45, 7) is 0.294. The monoisotopic (exact) mass is 223 g/mol. The highest BCUT2D eigenvalue weighted by atomic mass is 16.2. The third-order valence-electron chi connectivity index (χ3n) is 3.19. The maximum absolute atomic E-state index is 12.0. The molecular weight excluding hydrogens is 210 g/mol. The number of hydrogen-bond donors (Lipinski definition) is 1. The van der Waals surface area contributed by atoms with Gasteiger partial charge in [-0.2, -0.15) is 0 Å². The van der Waals surface area contributed by atoms with E-state index in [4.69, 9.17) is 5.53 Å². The smallest absolute Gasteiger partial charge is 0.323 e. The molecule has 7 nitrogen and oxygen atoms in total. The number of nitrogens with one attached hydrogen (secondary N) is 1. The molecule has 7 heteroatoms. The van der Waals surface area contributed by atoms with E-state index in [9.17, 15) is 9.59 Å². The van der Waals surface area contributed by atoms with Crippen LogP contribution < -0.4 is 5.32 Å². The average molecular weight is 223 g/mol. The van der Waals surface area contributed by atoms with Crippen molar-refractivity contribution in [2.45, 2.75) is 31.2 Å². The van der Waals surface area contributed by atoms with E-state index in [0.29, 0.717) is 0 Å². The van der Waals surface area contributed by atoms with Crippen LogP contribution in [0.15, 0.2) is 5.11 Å². The molecular formula is C9H13N5O2. The molecule has 2 fully saturated rings. The summed E-state index contributed by atoms with van der Waals surface area (Å²) in [5.41, 5.74) is 7.47. The standard InChI is InChI=1S/C9H13N5O2/c10-13-11-5-6-14-7(15)9(12-8(14)16)3-1-2-4-9/h1-6H2,(H,12,16). The van der Waals surface area contributed by atoms with Gasteiger partial charge in [0.15, 0.2) is 0 Å². The lowest BCUT2D eigenvalue weighted by molar-refractivity contribution is -0.131. The summed E-state index contributed by atoms with van der Waals surface area (Å²) in [6, 6.07) is -0.361. The van der Waals surface area contributed by atoms with Crippen molar-refractivity contribution in [1.82, 2.24) is 10.2 Å². The first-order valence-electron chi connectivity index (χ1n) is 5.35. The molecule has 2 rings (SSSR count). The number of hydrogen-bond acceptors (Lipinski definition) is 3. The second-order valence-electron chi connectivity index (χ2n) is 4.13. The van der Waals surface area contributed by atoms with Gasteiger partial charge in [-0.05, 0) is 18.4 Å². The van der Waals surface area contributed by atoms with E-state index in [1.165, 1.54) is 0 Å². The molecule has 2 aliphatic rings. The molecule has 3 amide bonds. The Morgan fingerprint density at radius 3 is 2.75 bits per heavy atom. The maximum Gasteiger partial charge on any atom is 0.325 e. The van der Waals surface area contributed by atoms with Crippen molar-refractivity contribution in [3.8, 4) is 0 Å². The van der Waals surface area contributed by atoms with Crippen molar-refractivity contribution in [2.75, 3.05) is 13.1 Å². The molecule has 0 unspecified atom stereocenters. The average Bonchev–Trinajstić information content (AvgIpc) is 2.80. The molecule has 0 atom stereocenters. The summed E-state index contributed by atoms with van der Waals surface area (Å²) < 4.78 is 0. The Labute approximate surface area is 92.4 Å². The van der Waals surface area contributed by atoms with Crippen LogP contribution in [0, 0.1) is 0 Å². The molecule has 86 valence electrons. The van der Waals surface area contributed by atoms with Crippen LogP contribution in [0.5, 0.6) is 0 Å². The fourth-order valence-corrected chi connectivity index (χ4v) is 2.39. The lowest BCUT2D eigenvalue weighted by Crippen LogP contribution is -2.44. The SMILES string of the molecule is [N-]=[N+]=NCCN1C(=O)NC2(CCCC2)C1=O. The number of amides is 3. The van der Waals surface area contributed by atoms with Gasteiger partial charge < -0.3 is 5.32 Å². The van der Waals surface area contributed by atoms with Gasteiger partial charge in [-0.25, -0.2) is 4.79 Å². The molecule has 1 aliphatic heterocycles. The number of nitrogens with zero attached hydrogens (tertiary/aromatic N) is 4. The fourth-order valence-electron chi connectivity index (χ4n) is 2.39. The summed E-state index contributed by atoms with van der Waals surface area (Å²) in [4.78, 5) is 27.4. The van der Waals surface area contributed by atoms with Crippen molar-refractivity contribution in [3.05, 3.63) is 10.4 Å². The van der Waals surface area contributed by atoms with Crippen LogP contribution in [0.1, 0.15) is 25.7 Å². The Morgan fingerprint density at radius 1 is 1.44 bits per heavy atom. The molecule has 1 N–H and O–H groups in total. The quantitative estimate of drug-likeness (QED) is 0.336. The molecule has 0 radical (unpaired) electrons. The Hall–Kier alpha value is -1.75. The summed E-state index contributed by atoms with van der Waals surface area (Å²) in [5.74, 6) is -0.164. The second kappa shape index (κ2) is 4.02. The van der Waals surface area contributed by atoms with Crippen LogP contribution >= 0.6 is 0 Å². The van der Waals surface area contributed by atoms with Crippen molar-refractivity contribution < 1.29 is 9.59 Å². The van der Waals surface area contributed by atoms with Gasteiger partial charge in [0.2, 0.25) is 0 Å². The first-order chi connectivity index (χ1) is 7.69. The number of azide groups is 1. The molecule has 0 aromatic rings. The lowest BCUT2D eigenvalue weighted by Gasteiger charge is -2.19. The van der Waals surface area contributed by atoms with Crippen LogP contribution in [0.2, 0.25) is 0 Å². The molecule has 1 saturated heterocycles. The van der Waals surface area contributed by atoms with Crippen LogP contribution in [-0.4, -0.2) is 35.5 Å². The van der Waals surface area contributed by atoms with Gasteiger partial charge in [-0.3, -0.25) is 9.69 Å². The van der Waals surface area contributed by atoms with Crippen molar-refractivity contribution in [2.24, 2.45) is 5.11 Å². The van der Waals surface area contributed by atoms with E-state index in [-0.39, 0.29) is 25.0 Å². The van der Waals surface area contributed by atoms with Gasteiger partial charge in [-0.15, -0.1) is 0 Å². The second-order valence-corrected chi connectivity index (χ2v) is 4.13. The Morgan fingerprint density at radius 2 is 2.12 bits per heavy atom. The van der Waals surface area contributed by atoms with Gasteiger partial charge in [0.05, 0.1) is 0 Å². The zero-order valence-corrected chi connectivity index (χ0v) is 8.85. The maximum atomic E-state index is 12.0. The molecule has 0 bridgehead atoms. The highest BCUT2D eigenvalue weighted by Crippen LogP contribution is 2.34. The zero-order valence-electron chi connectivity index (χ0n) is 8.85. The Kier molecular flexibility index (Phi) is 2.70. The van der Waals surface area contributed by atoms with Crippen molar-refractivity contribution in [1.29, 1.82) is 0 Å². The summed E-state index contributed by atoms with van der Waals surface area (Å²) in [7, 11) is 0. The lowest BCUT2D eigenvalue weighted by atomic mass is 9.98.